The van der Waals surface area contributed by atoms with Crippen molar-refractivity contribution in [2.24, 2.45) is 5.73 Å². The summed E-state index contributed by atoms with van der Waals surface area (Å²) in [6, 6.07) is -0.484. The van der Waals surface area contributed by atoms with Crippen molar-refractivity contribution in [2.45, 2.75) is 18.3 Å². The van der Waals surface area contributed by atoms with E-state index < -0.39 is 12.0 Å². The molecule has 0 aromatic carbocycles. The fraction of sp³-hybridized carbons (Fsp3) is 0.556. The van der Waals surface area contributed by atoms with Crippen LogP contribution in [0.5, 0.6) is 0 Å². The van der Waals surface area contributed by atoms with Gasteiger partial charge in [-0.25, -0.2) is 4.79 Å². The van der Waals surface area contributed by atoms with E-state index in [9.17, 15) is 9.59 Å². The smallest absolute Gasteiger partial charge is 0.354 e. The van der Waals surface area contributed by atoms with Crippen LogP contribution in [0.25, 0.3) is 0 Å². The SMILES string of the molecule is COC(=O)C1=C(C)CSC2C(N)C(=O)N12. The first-order valence-electron chi connectivity index (χ1n) is 4.56. The molecule has 1 fully saturated rings. The van der Waals surface area contributed by atoms with Gasteiger partial charge in [-0.05, 0) is 12.5 Å². The van der Waals surface area contributed by atoms with E-state index in [1.165, 1.54) is 12.0 Å². The lowest BCUT2D eigenvalue weighted by molar-refractivity contribution is -0.149. The van der Waals surface area contributed by atoms with Gasteiger partial charge in [0.25, 0.3) is 0 Å². The molecule has 0 aromatic heterocycles. The predicted molar refractivity (Wildman–Crippen MR) is 55.8 cm³/mol. The second-order valence-electron chi connectivity index (χ2n) is 3.56. The van der Waals surface area contributed by atoms with Crippen LogP contribution in [0.4, 0.5) is 0 Å². The summed E-state index contributed by atoms with van der Waals surface area (Å²) in [5, 5.41) is -0.102. The van der Waals surface area contributed by atoms with Crippen LogP contribution in [-0.2, 0) is 14.3 Å². The molecule has 2 unspecified atom stereocenters. The monoisotopic (exact) mass is 228 g/mol. The number of amides is 1. The lowest BCUT2D eigenvalue weighted by atomic mass is 10.0. The van der Waals surface area contributed by atoms with Crippen LogP contribution in [-0.4, -0.2) is 41.1 Å². The molecule has 1 amide bonds. The van der Waals surface area contributed by atoms with Crippen molar-refractivity contribution in [3.05, 3.63) is 11.3 Å². The van der Waals surface area contributed by atoms with Gasteiger partial charge >= 0.3 is 5.97 Å². The number of carbonyl (C=O) groups is 2. The van der Waals surface area contributed by atoms with Crippen molar-refractivity contribution in [1.82, 2.24) is 4.90 Å². The Morgan fingerprint density at radius 2 is 2.33 bits per heavy atom. The number of hydrogen-bond donors (Lipinski definition) is 1. The molecule has 2 heterocycles. The van der Waals surface area contributed by atoms with E-state index >= 15 is 0 Å². The molecule has 2 aliphatic heterocycles. The maximum absolute atomic E-state index is 11.5. The zero-order valence-corrected chi connectivity index (χ0v) is 9.34. The van der Waals surface area contributed by atoms with E-state index in [4.69, 9.17) is 5.73 Å². The average Bonchev–Trinajstić information content (AvgIpc) is 2.26. The van der Waals surface area contributed by atoms with E-state index in [-0.39, 0.29) is 11.3 Å². The summed E-state index contributed by atoms with van der Waals surface area (Å²) in [6.07, 6.45) is 0. The molecule has 0 aliphatic carbocycles. The number of fused-ring (bicyclic) bond motifs is 1. The molecular weight excluding hydrogens is 216 g/mol. The van der Waals surface area contributed by atoms with Crippen LogP contribution in [0.15, 0.2) is 11.3 Å². The average molecular weight is 228 g/mol. The minimum Gasteiger partial charge on any atom is -0.464 e. The van der Waals surface area contributed by atoms with Crippen molar-refractivity contribution in [3.8, 4) is 0 Å². The molecular formula is C9H12N2O3S. The highest BCUT2D eigenvalue weighted by Crippen LogP contribution is 2.39. The third-order valence-electron chi connectivity index (χ3n) is 2.58. The predicted octanol–water partition coefficient (Wildman–Crippen LogP) is -0.324. The lowest BCUT2D eigenvalue weighted by Gasteiger charge is -2.47. The second-order valence-corrected chi connectivity index (χ2v) is 4.66. The third-order valence-corrected chi connectivity index (χ3v) is 4.02. The first-order chi connectivity index (χ1) is 7.07. The molecule has 2 rings (SSSR count). The van der Waals surface area contributed by atoms with Crippen LogP contribution in [0.1, 0.15) is 6.92 Å². The minimum atomic E-state index is -0.484. The van der Waals surface area contributed by atoms with Gasteiger partial charge in [0, 0.05) is 5.75 Å². The number of rotatable bonds is 1. The normalized spacial score (nSPS) is 29.8. The molecule has 0 aromatic rings. The van der Waals surface area contributed by atoms with Gasteiger partial charge < -0.3 is 10.5 Å². The molecule has 2 N–H and O–H groups in total. The number of methoxy groups -OCH3 is 1. The summed E-state index contributed by atoms with van der Waals surface area (Å²) in [5.74, 6) is 0.0528. The number of β-lactam (4-membered cyclic amide) rings is 1. The van der Waals surface area contributed by atoms with Crippen molar-refractivity contribution in [2.75, 3.05) is 12.9 Å². The van der Waals surface area contributed by atoms with Gasteiger partial charge in [0.15, 0.2) is 0 Å². The minimum absolute atomic E-state index is 0.102. The lowest BCUT2D eigenvalue weighted by Crippen LogP contribution is -2.68. The Hall–Kier alpha value is -1.01. The fourth-order valence-electron chi connectivity index (χ4n) is 1.76. The molecule has 0 saturated carbocycles. The molecule has 2 aliphatic rings. The standard InChI is InChI=1S/C9H12N2O3S/c1-4-3-15-8-5(10)7(12)11(8)6(4)9(13)14-2/h5,8H,3,10H2,1-2H3. The Bertz CT molecular complexity index is 366. The quantitative estimate of drug-likeness (QED) is 0.491. The maximum atomic E-state index is 11.5. The fourth-order valence-corrected chi connectivity index (χ4v) is 3.00. The van der Waals surface area contributed by atoms with E-state index in [2.05, 4.69) is 4.74 Å². The molecule has 0 spiro atoms. The van der Waals surface area contributed by atoms with Gasteiger partial charge in [-0.1, -0.05) is 0 Å². The number of nitrogens with two attached hydrogens (primary N) is 1. The largest absolute Gasteiger partial charge is 0.464 e. The summed E-state index contributed by atoms with van der Waals surface area (Å²) < 4.78 is 4.66. The zero-order valence-electron chi connectivity index (χ0n) is 8.52. The number of ether oxygens (including phenoxy) is 1. The van der Waals surface area contributed by atoms with Crippen LogP contribution in [0.3, 0.4) is 0 Å². The summed E-state index contributed by atoms with van der Waals surface area (Å²) in [5.41, 5.74) is 6.87. The van der Waals surface area contributed by atoms with Crippen LogP contribution in [0, 0.1) is 0 Å². The number of thioether (sulfide) groups is 1. The van der Waals surface area contributed by atoms with Crippen molar-refractivity contribution in [3.63, 3.8) is 0 Å². The molecule has 82 valence electrons. The summed E-state index contributed by atoms with van der Waals surface area (Å²) in [7, 11) is 1.31. The molecule has 15 heavy (non-hydrogen) atoms. The maximum Gasteiger partial charge on any atom is 0.354 e. The highest BCUT2D eigenvalue weighted by molar-refractivity contribution is 8.00. The summed E-state index contributed by atoms with van der Waals surface area (Å²) in [6.45, 7) is 1.83. The number of hydrogen-bond acceptors (Lipinski definition) is 5. The highest BCUT2D eigenvalue weighted by Gasteiger charge is 2.51. The Labute approximate surface area is 91.6 Å². The van der Waals surface area contributed by atoms with Gasteiger partial charge in [-0.15, -0.1) is 11.8 Å². The Morgan fingerprint density at radius 1 is 1.67 bits per heavy atom. The van der Waals surface area contributed by atoms with Gasteiger partial charge in [0.2, 0.25) is 5.91 Å². The topological polar surface area (TPSA) is 72.6 Å². The van der Waals surface area contributed by atoms with Gasteiger partial charge in [-0.3, -0.25) is 9.69 Å². The van der Waals surface area contributed by atoms with Gasteiger partial charge in [0.1, 0.15) is 17.1 Å². The van der Waals surface area contributed by atoms with Crippen LogP contribution in [0.2, 0.25) is 0 Å². The Morgan fingerprint density at radius 3 is 2.93 bits per heavy atom. The van der Waals surface area contributed by atoms with Crippen LogP contribution >= 0.6 is 11.8 Å². The number of carbonyl (C=O) groups excluding carboxylic acids is 2. The van der Waals surface area contributed by atoms with E-state index in [1.54, 1.807) is 11.8 Å². The van der Waals surface area contributed by atoms with E-state index in [0.29, 0.717) is 11.4 Å². The zero-order chi connectivity index (χ0) is 11.2. The molecule has 5 nitrogen and oxygen atoms in total. The van der Waals surface area contributed by atoms with E-state index in [0.717, 1.165) is 5.57 Å². The van der Waals surface area contributed by atoms with Gasteiger partial charge in [-0.2, -0.15) is 0 Å². The molecule has 2 atom stereocenters. The summed E-state index contributed by atoms with van der Waals surface area (Å²) in [4.78, 5) is 24.5. The third kappa shape index (κ3) is 1.36. The summed E-state index contributed by atoms with van der Waals surface area (Å²) >= 11 is 1.58. The highest BCUT2D eigenvalue weighted by atomic mass is 32.2. The number of esters is 1. The molecule has 0 bridgehead atoms. The molecule has 0 radical (unpaired) electrons. The number of nitrogens with zero attached hydrogens (tertiary/aromatic N) is 1. The first-order valence-corrected chi connectivity index (χ1v) is 5.61. The Balaban J connectivity index is 2.33. The van der Waals surface area contributed by atoms with Crippen molar-refractivity contribution >= 4 is 23.6 Å². The van der Waals surface area contributed by atoms with Crippen LogP contribution < -0.4 is 5.73 Å². The molecule has 6 heteroatoms. The molecule has 1 saturated heterocycles. The van der Waals surface area contributed by atoms with Crippen molar-refractivity contribution in [1.29, 1.82) is 0 Å². The Kier molecular flexibility index (Phi) is 2.47. The van der Waals surface area contributed by atoms with Crippen molar-refractivity contribution < 1.29 is 14.3 Å². The second kappa shape index (κ2) is 3.53. The van der Waals surface area contributed by atoms with Gasteiger partial charge in [0.05, 0.1) is 7.11 Å². The first kappa shape index (κ1) is 10.5. The van der Waals surface area contributed by atoms with E-state index in [1.807, 2.05) is 6.92 Å².